The average molecular weight is 341 g/mol. The lowest BCUT2D eigenvalue weighted by Gasteiger charge is -2.39. The maximum Gasteiger partial charge on any atom is 0.370 e. The smallest absolute Gasteiger partial charge is 0.370 e. The number of carbonyl (C=O) groups is 2. The zero-order valence-electron chi connectivity index (χ0n) is 12.8. The third-order valence-corrected chi connectivity index (χ3v) is 3.71. The van der Waals surface area contributed by atoms with Crippen LogP contribution in [0.4, 0.5) is 0 Å². The van der Waals surface area contributed by atoms with E-state index in [9.17, 15) is 24.9 Å². The second-order valence-corrected chi connectivity index (χ2v) is 5.42. The van der Waals surface area contributed by atoms with E-state index in [2.05, 4.69) is 15.5 Å². The Bertz CT molecular complexity index is 616. The molecule has 0 spiro atoms. The lowest BCUT2D eigenvalue weighted by molar-refractivity contribution is -0.146. The van der Waals surface area contributed by atoms with E-state index in [0.29, 0.717) is 5.69 Å². The van der Waals surface area contributed by atoms with E-state index >= 15 is 0 Å². The molecular formula is C14H19N3O7. The molecular weight excluding hydrogens is 322 g/mol. The summed E-state index contributed by atoms with van der Waals surface area (Å²) >= 11 is 0. The molecule has 1 amide bonds. The van der Waals surface area contributed by atoms with E-state index in [1.165, 1.54) is 19.2 Å². The molecule has 5 atom stereocenters. The summed E-state index contributed by atoms with van der Waals surface area (Å²) in [5, 5.41) is 47.2. The maximum atomic E-state index is 11.5. The predicted molar refractivity (Wildman–Crippen MR) is 78.6 cm³/mol. The van der Waals surface area contributed by atoms with Crippen molar-refractivity contribution in [3.63, 3.8) is 0 Å². The average Bonchev–Trinajstić information content (AvgIpc) is 3.07. The quantitative estimate of drug-likeness (QED) is 0.348. The molecule has 1 aliphatic rings. The number of H-pyrrole nitrogens is 1. The number of carboxylic acids is 1. The monoisotopic (exact) mass is 341 g/mol. The minimum atomic E-state index is -1.62. The molecule has 0 bridgehead atoms. The largest absolute Gasteiger partial charge is 0.478 e. The highest BCUT2D eigenvalue weighted by Crippen LogP contribution is 2.32. The summed E-state index contributed by atoms with van der Waals surface area (Å²) in [7, 11) is 0. The van der Waals surface area contributed by atoms with Crippen LogP contribution in [0.1, 0.15) is 18.5 Å². The third kappa shape index (κ3) is 3.72. The van der Waals surface area contributed by atoms with Crippen molar-refractivity contribution in [2.24, 2.45) is 0 Å². The summed E-state index contributed by atoms with van der Waals surface area (Å²) < 4.78 is 5.27. The van der Waals surface area contributed by atoms with Gasteiger partial charge in [0.25, 0.3) is 0 Å². The summed E-state index contributed by atoms with van der Waals surface area (Å²) in [6.07, 6.45) is -1.74. The van der Waals surface area contributed by atoms with Crippen LogP contribution >= 0.6 is 0 Å². The molecule has 0 aromatic carbocycles. The van der Waals surface area contributed by atoms with Crippen molar-refractivity contribution in [1.82, 2.24) is 15.5 Å². The molecule has 10 heteroatoms. The van der Waals surface area contributed by atoms with Crippen molar-refractivity contribution in [3.05, 3.63) is 29.8 Å². The number of hydrogen-bond donors (Lipinski definition) is 6. The summed E-state index contributed by atoms with van der Waals surface area (Å²) in [6.45, 7) is 0.501. The van der Waals surface area contributed by atoms with E-state index < -0.39 is 54.5 Å². The Morgan fingerprint density at radius 3 is 2.67 bits per heavy atom. The Kier molecular flexibility index (Phi) is 5.54. The Hall–Kier alpha value is -2.43. The van der Waals surface area contributed by atoms with Crippen molar-refractivity contribution in [2.75, 3.05) is 6.61 Å². The Morgan fingerprint density at radius 2 is 2.17 bits per heavy atom. The molecule has 6 N–H and O–H groups in total. The van der Waals surface area contributed by atoms with Gasteiger partial charge in [0.05, 0.1) is 12.6 Å². The highest BCUT2D eigenvalue weighted by Gasteiger charge is 2.44. The zero-order valence-corrected chi connectivity index (χ0v) is 12.8. The van der Waals surface area contributed by atoms with Gasteiger partial charge in [-0.05, 0) is 12.1 Å². The number of nitrogens with zero attached hydrogens (tertiary/aromatic N) is 1. The minimum absolute atomic E-state index is 0.434. The van der Waals surface area contributed by atoms with E-state index in [4.69, 9.17) is 9.84 Å². The van der Waals surface area contributed by atoms with Crippen LogP contribution in [-0.2, 0) is 14.3 Å². The molecule has 0 saturated carbocycles. The van der Waals surface area contributed by atoms with E-state index in [1.807, 2.05) is 0 Å². The molecule has 1 aromatic rings. The van der Waals surface area contributed by atoms with Crippen LogP contribution in [0.25, 0.3) is 0 Å². The second kappa shape index (κ2) is 7.43. The second-order valence-electron chi connectivity index (χ2n) is 5.42. The lowest BCUT2D eigenvalue weighted by atomic mass is 9.85. The van der Waals surface area contributed by atoms with Gasteiger partial charge in [0.15, 0.2) is 0 Å². The maximum absolute atomic E-state index is 11.5. The van der Waals surface area contributed by atoms with Crippen molar-refractivity contribution >= 4 is 11.9 Å². The van der Waals surface area contributed by atoms with Crippen LogP contribution in [0.3, 0.4) is 0 Å². The molecule has 132 valence electrons. The van der Waals surface area contributed by atoms with E-state index in [0.717, 1.165) is 0 Å². The SMILES string of the molecule is CC(=O)N[C@H]1[C@H]([C@H](O)[C@H](O)CO)OC(C(=O)O)=C[C@@H]1c1ccn[nH]1. The first kappa shape index (κ1) is 17.9. The fourth-order valence-corrected chi connectivity index (χ4v) is 2.60. The van der Waals surface area contributed by atoms with Crippen molar-refractivity contribution in [2.45, 2.75) is 37.2 Å². The molecule has 1 aliphatic heterocycles. The van der Waals surface area contributed by atoms with Gasteiger partial charge in [0, 0.05) is 24.7 Å². The lowest BCUT2D eigenvalue weighted by Crippen LogP contribution is -2.57. The fraction of sp³-hybridized carbons (Fsp3) is 0.500. The number of hydrogen-bond acceptors (Lipinski definition) is 7. The number of aliphatic hydroxyl groups excluding tert-OH is 3. The summed E-state index contributed by atoms with van der Waals surface area (Å²) in [5.74, 6) is -2.93. The Labute approximate surface area is 136 Å². The molecule has 1 aromatic heterocycles. The van der Waals surface area contributed by atoms with Gasteiger partial charge in [-0.15, -0.1) is 0 Å². The van der Waals surface area contributed by atoms with E-state index in [-0.39, 0.29) is 0 Å². The molecule has 2 heterocycles. The molecule has 0 radical (unpaired) electrons. The van der Waals surface area contributed by atoms with Gasteiger partial charge in [0.2, 0.25) is 11.7 Å². The van der Waals surface area contributed by atoms with Crippen LogP contribution < -0.4 is 5.32 Å². The molecule has 2 rings (SSSR count). The van der Waals surface area contributed by atoms with Gasteiger partial charge in [-0.1, -0.05) is 0 Å². The normalized spacial score (nSPS) is 26.0. The topological polar surface area (TPSA) is 165 Å². The van der Waals surface area contributed by atoms with Gasteiger partial charge < -0.3 is 30.5 Å². The molecule has 0 unspecified atom stereocenters. The van der Waals surface area contributed by atoms with Crippen LogP contribution in [0.15, 0.2) is 24.1 Å². The zero-order chi connectivity index (χ0) is 17.9. The van der Waals surface area contributed by atoms with Gasteiger partial charge >= 0.3 is 5.97 Å². The Balaban J connectivity index is 2.45. The highest BCUT2D eigenvalue weighted by molar-refractivity contribution is 5.85. The molecule has 0 fully saturated rings. The van der Waals surface area contributed by atoms with Crippen molar-refractivity contribution < 1.29 is 34.8 Å². The number of carbonyl (C=O) groups excluding carboxylic acids is 1. The van der Waals surface area contributed by atoms with Gasteiger partial charge in [-0.25, -0.2) is 4.79 Å². The number of aliphatic carboxylic acids is 1. The number of ether oxygens (including phenoxy) is 1. The fourth-order valence-electron chi connectivity index (χ4n) is 2.60. The molecule has 24 heavy (non-hydrogen) atoms. The number of aromatic amines is 1. The van der Waals surface area contributed by atoms with E-state index in [1.54, 1.807) is 6.07 Å². The van der Waals surface area contributed by atoms with Crippen LogP contribution in [0.5, 0.6) is 0 Å². The number of aromatic nitrogens is 2. The number of aliphatic hydroxyl groups is 3. The van der Waals surface area contributed by atoms with Crippen LogP contribution in [-0.4, -0.2) is 73.5 Å². The van der Waals surface area contributed by atoms with Gasteiger partial charge in [-0.2, -0.15) is 5.10 Å². The van der Waals surface area contributed by atoms with Crippen LogP contribution in [0.2, 0.25) is 0 Å². The van der Waals surface area contributed by atoms with Gasteiger partial charge in [-0.3, -0.25) is 9.89 Å². The first-order valence-electron chi connectivity index (χ1n) is 7.20. The highest BCUT2D eigenvalue weighted by atomic mass is 16.5. The Morgan fingerprint density at radius 1 is 1.46 bits per heavy atom. The summed E-state index contributed by atoms with van der Waals surface area (Å²) in [5.41, 5.74) is 0.492. The number of rotatable bonds is 6. The summed E-state index contributed by atoms with van der Waals surface area (Å²) in [4.78, 5) is 22.8. The van der Waals surface area contributed by atoms with Crippen LogP contribution in [0, 0.1) is 0 Å². The minimum Gasteiger partial charge on any atom is -0.478 e. The number of nitrogens with one attached hydrogen (secondary N) is 2. The number of carboxylic acid groups (broad SMARTS) is 1. The first-order valence-corrected chi connectivity index (χ1v) is 7.20. The third-order valence-electron chi connectivity index (χ3n) is 3.71. The predicted octanol–water partition coefficient (Wildman–Crippen LogP) is -1.92. The number of amides is 1. The molecule has 0 saturated heterocycles. The molecule has 0 aliphatic carbocycles. The van der Waals surface area contributed by atoms with Crippen molar-refractivity contribution in [1.29, 1.82) is 0 Å². The van der Waals surface area contributed by atoms with Crippen molar-refractivity contribution in [3.8, 4) is 0 Å². The standard InChI is InChI=1S/C14H19N3O7/c1-6(19)16-11-7(8-2-3-15-17-8)4-10(14(22)23)24-13(11)12(21)9(20)5-18/h2-4,7,9,11-13,18,20-21H,5H2,1H3,(H,15,17)(H,16,19)(H,22,23)/t7-,9-,11-,12-,13-/m1/s1. The summed E-state index contributed by atoms with van der Waals surface area (Å²) in [6, 6.07) is 0.703. The molecule has 10 nitrogen and oxygen atoms in total. The van der Waals surface area contributed by atoms with Gasteiger partial charge in [0.1, 0.15) is 18.3 Å². The first-order chi connectivity index (χ1) is 11.3.